The summed E-state index contributed by atoms with van der Waals surface area (Å²) >= 11 is 5.91. The van der Waals surface area contributed by atoms with Crippen LogP contribution >= 0.6 is 11.6 Å². The minimum Gasteiger partial charge on any atom is -0.496 e. The van der Waals surface area contributed by atoms with E-state index in [1.165, 1.54) is 0 Å². The summed E-state index contributed by atoms with van der Waals surface area (Å²) in [4.78, 5) is 12.4. The zero-order valence-corrected chi connectivity index (χ0v) is 11.9. The number of methoxy groups -OCH3 is 1. The number of hydrogen-bond acceptors (Lipinski definition) is 2. The Kier molecular flexibility index (Phi) is 3.91. The fourth-order valence-corrected chi connectivity index (χ4v) is 2.39. The van der Waals surface area contributed by atoms with E-state index in [0.29, 0.717) is 16.1 Å². The number of ether oxygens (including phenoxy) is 1. The molecular weight excluding hydrogens is 260 g/mol. The molecule has 2 rings (SSSR count). The first kappa shape index (κ1) is 13.6. The fourth-order valence-electron chi connectivity index (χ4n) is 2.20. The molecule has 2 aromatic carbocycles. The van der Waals surface area contributed by atoms with Crippen molar-refractivity contribution in [3.05, 3.63) is 63.7 Å². The summed E-state index contributed by atoms with van der Waals surface area (Å²) in [5.41, 5.74) is 3.15. The second-order valence-electron chi connectivity index (χ2n) is 4.48. The first-order chi connectivity index (χ1) is 9.02. The quantitative estimate of drug-likeness (QED) is 0.784. The molecule has 0 amide bonds. The van der Waals surface area contributed by atoms with Crippen LogP contribution in [0.25, 0.3) is 0 Å². The van der Waals surface area contributed by atoms with Crippen LogP contribution in [0.1, 0.15) is 27.0 Å². The van der Waals surface area contributed by atoms with E-state index in [9.17, 15) is 4.79 Å². The largest absolute Gasteiger partial charge is 0.496 e. The normalized spacial score (nSPS) is 10.3. The Labute approximate surface area is 118 Å². The summed E-state index contributed by atoms with van der Waals surface area (Å²) in [6.45, 7) is 3.86. The zero-order chi connectivity index (χ0) is 14.0. The van der Waals surface area contributed by atoms with Crippen LogP contribution < -0.4 is 4.74 Å². The van der Waals surface area contributed by atoms with Gasteiger partial charge in [0.05, 0.1) is 7.11 Å². The van der Waals surface area contributed by atoms with E-state index in [1.54, 1.807) is 31.4 Å². The Morgan fingerprint density at radius 1 is 1.05 bits per heavy atom. The van der Waals surface area contributed by atoms with Crippen molar-refractivity contribution in [2.75, 3.05) is 7.11 Å². The second-order valence-corrected chi connectivity index (χ2v) is 4.92. The van der Waals surface area contributed by atoms with Crippen molar-refractivity contribution in [2.45, 2.75) is 13.8 Å². The van der Waals surface area contributed by atoms with Crippen molar-refractivity contribution in [3.8, 4) is 5.75 Å². The third kappa shape index (κ3) is 2.79. The summed E-state index contributed by atoms with van der Waals surface area (Å²) in [5.74, 6) is 0.791. The van der Waals surface area contributed by atoms with Gasteiger partial charge in [-0.1, -0.05) is 23.7 Å². The number of benzene rings is 2. The molecule has 0 heterocycles. The highest BCUT2D eigenvalue weighted by Gasteiger charge is 2.13. The molecule has 0 aliphatic heterocycles. The molecule has 0 aromatic heterocycles. The SMILES string of the molecule is COc1c(C)cc(C(=O)c2cccc(Cl)c2)cc1C. The highest BCUT2D eigenvalue weighted by molar-refractivity contribution is 6.31. The van der Waals surface area contributed by atoms with Crippen LogP contribution in [0.4, 0.5) is 0 Å². The van der Waals surface area contributed by atoms with Gasteiger partial charge in [-0.2, -0.15) is 0 Å². The summed E-state index contributed by atoms with van der Waals surface area (Å²) < 4.78 is 5.30. The number of ketones is 1. The third-order valence-electron chi connectivity index (χ3n) is 3.01. The highest BCUT2D eigenvalue weighted by atomic mass is 35.5. The van der Waals surface area contributed by atoms with Crippen molar-refractivity contribution in [2.24, 2.45) is 0 Å². The van der Waals surface area contributed by atoms with E-state index >= 15 is 0 Å². The predicted octanol–water partition coefficient (Wildman–Crippen LogP) is 4.20. The van der Waals surface area contributed by atoms with Gasteiger partial charge in [-0.15, -0.1) is 0 Å². The van der Waals surface area contributed by atoms with Crippen LogP contribution in [0.15, 0.2) is 36.4 Å². The van der Waals surface area contributed by atoms with Gasteiger partial charge < -0.3 is 4.74 Å². The monoisotopic (exact) mass is 274 g/mol. The lowest BCUT2D eigenvalue weighted by Crippen LogP contribution is -2.03. The van der Waals surface area contributed by atoms with Crippen LogP contribution in [-0.4, -0.2) is 12.9 Å². The maximum absolute atomic E-state index is 12.4. The lowest BCUT2D eigenvalue weighted by molar-refractivity contribution is 0.103. The molecule has 0 radical (unpaired) electrons. The average molecular weight is 275 g/mol. The molecule has 0 aliphatic rings. The van der Waals surface area contributed by atoms with Gasteiger partial charge in [0.1, 0.15) is 5.75 Å². The molecule has 98 valence electrons. The number of halogens is 1. The standard InChI is InChI=1S/C16H15ClO2/c1-10-7-13(8-11(2)16(10)19-3)15(18)12-5-4-6-14(17)9-12/h4-9H,1-3H3. The van der Waals surface area contributed by atoms with Gasteiger partial charge in [-0.3, -0.25) is 4.79 Å². The Hall–Kier alpha value is -1.80. The van der Waals surface area contributed by atoms with Gasteiger partial charge >= 0.3 is 0 Å². The number of hydrogen-bond donors (Lipinski definition) is 0. The Balaban J connectivity index is 2.45. The van der Waals surface area contributed by atoms with Gasteiger partial charge in [0.15, 0.2) is 5.78 Å². The molecule has 2 aromatic rings. The summed E-state index contributed by atoms with van der Waals surface area (Å²) in [7, 11) is 1.63. The van der Waals surface area contributed by atoms with E-state index in [4.69, 9.17) is 16.3 Å². The third-order valence-corrected chi connectivity index (χ3v) is 3.25. The van der Waals surface area contributed by atoms with Crippen LogP contribution in [-0.2, 0) is 0 Å². The average Bonchev–Trinajstić information content (AvgIpc) is 2.37. The molecule has 0 atom stereocenters. The maximum atomic E-state index is 12.4. The van der Waals surface area contributed by atoms with E-state index in [2.05, 4.69) is 0 Å². The van der Waals surface area contributed by atoms with Crippen LogP contribution in [0.2, 0.25) is 5.02 Å². The first-order valence-corrected chi connectivity index (χ1v) is 6.36. The van der Waals surface area contributed by atoms with E-state index in [0.717, 1.165) is 16.9 Å². The molecule has 0 aliphatic carbocycles. The molecule has 0 saturated heterocycles. The lowest BCUT2D eigenvalue weighted by Gasteiger charge is -2.11. The molecule has 0 spiro atoms. The van der Waals surface area contributed by atoms with Crippen molar-refractivity contribution >= 4 is 17.4 Å². The van der Waals surface area contributed by atoms with Crippen molar-refractivity contribution in [1.82, 2.24) is 0 Å². The molecule has 19 heavy (non-hydrogen) atoms. The molecule has 2 nitrogen and oxygen atoms in total. The van der Waals surface area contributed by atoms with Crippen molar-refractivity contribution in [1.29, 1.82) is 0 Å². The smallest absolute Gasteiger partial charge is 0.193 e. The number of carbonyl (C=O) groups is 1. The minimum absolute atomic E-state index is 0.0312. The molecule has 0 saturated carbocycles. The molecule has 0 bridgehead atoms. The molecular formula is C16H15ClO2. The van der Waals surface area contributed by atoms with Crippen LogP contribution in [0, 0.1) is 13.8 Å². The van der Waals surface area contributed by atoms with E-state index in [-0.39, 0.29) is 5.78 Å². The van der Waals surface area contributed by atoms with Gasteiger partial charge in [0, 0.05) is 16.1 Å². The summed E-state index contributed by atoms with van der Waals surface area (Å²) in [6, 6.07) is 10.7. The Morgan fingerprint density at radius 3 is 2.21 bits per heavy atom. The Morgan fingerprint density at radius 2 is 1.68 bits per heavy atom. The predicted molar refractivity (Wildman–Crippen MR) is 77.4 cm³/mol. The van der Waals surface area contributed by atoms with E-state index < -0.39 is 0 Å². The maximum Gasteiger partial charge on any atom is 0.193 e. The van der Waals surface area contributed by atoms with Crippen molar-refractivity contribution < 1.29 is 9.53 Å². The van der Waals surface area contributed by atoms with E-state index in [1.807, 2.05) is 26.0 Å². The number of aryl methyl sites for hydroxylation is 2. The molecule has 0 N–H and O–H groups in total. The summed E-state index contributed by atoms with van der Waals surface area (Å²) in [5, 5.41) is 0.563. The number of rotatable bonds is 3. The fraction of sp³-hybridized carbons (Fsp3) is 0.188. The van der Waals surface area contributed by atoms with Crippen LogP contribution in [0.3, 0.4) is 0 Å². The molecule has 0 unspecified atom stereocenters. The van der Waals surface area contributed by atoms with Gasteiger partial charge in [0.25, 0.3) is 0 Å². The Bertz CT molecular complexity index is 609. The minimum atomic E-state index is -0.0312. The van der Waals surface area contributed by atoms with Crippen molar-refractivity contribution in [3.63, 3.8) is 0 Å². The summed E-state index contributed by atoms with van der Waals surface area (Å²) in [6.07, 6.45) is 0. The highest BCUT2D eigenvalue weighted by Crippen LogP contribution is 2.26. The topological polar surface area (TPSA) is 26.3 Å². The molecule has 3 heteroatoms. The molecule has 0 fully saturated rings. The van der Waals surface area contributed by atoms with Crippen LogP contribution in [0.5, 0.6) is 5.75 Å². The van der Waals surface area contributed by atoms with Gasteiger partial charge in [-0.05, 0) is 49.2 Å². The number of carbonyl (C=O) groups excluding carboxylic acids is 1. The van der Waals surface area contributed by atoms with Gasteiger partial charge in [0.2, 0.25) is 0 Å². The lowest BCUT2D eigenvalue weighted by atomic mass is 9.98. The first-order valence-electron chi connectivity index (χ1n) is 5.98. The second kappa shape index (κ2) is 5.45. The zero-order valence-electron chi connectivity index (χ0n) is 11.2. The van der Waals surface area contributed by atoms with Gasteiger partial charge in [-0.25, -0.2) is 0 Å².